The SMILES string of the molecule is O=C(CC1(c2ccccc2)CCCO1)Nc1nn(Cc2ccccc2F)cc1Br. The smallest absolute Gasteiger partial charge is 0.228 e. The Bertz CT molecular complexity index is 1000. The molecule has 2 heterocycles. The summed E-state index contributed by atoms with van der Waals surface area (Å²) in [7, 11) is 0. The Morgan fingerprint density at radius 1 is 1.21 bits per heavy atom. The normalized spacial score (nSPS) is 18.7. The maximum Gasteiger partial charge on any atom is 0.228 e. The van der Waals surface area contributed by atoms with E-state index in [1.165, 1.54) is 6.07 Å². The Hall–Kier alpha value is -2.51. The summed E-state index contributed by atoms with van der Waals surface area (Å²) < 4.78 is 22.1. The predicted octanol–water partition coefficient (Wildman–Crippen LogP) is 4.87. The van der Waals surface area contributed by atoms with Gasteiger partial charge in [-0.3, -0.25) is 9.48 Å². The van der Waals surface area contributed by atoms with E-state index in [1.807, 2.05) is 30.3 Å². The third-order valence-corrected chi connectivity index (χ3v) is 5.69. The number of ether oxygens (including phenoxy) is 1. The highest BCUT2D eigenvalue weighted by Crippen LogP contribution is 2.39. The van der Waals surface area contributed by atoms with Crippen molar-refractivity contribution in [3.05, 3.63) is 82.2 Å². The van der Waals surface area contributed by atoms with Crippen molar-refractivity contribution in [1.82, 2.24) is 9.78 Å². The van der Waals surface area contributed by atoms with Crippen molar-refractivity contribution >= 4 is 27.7 Å². The van der Waals surface area contributed by atoms with E-state index in [4.69, 9.17) is 4.74 Å². The van der Waals surface area contributed by atoms with Gasteiger partial charge in [0, 0.05) is 18.4 Å². The van der Waals surface area contributed by atoms with Crippen molar-refractivity contribution in [3.8, 4) is 0 Å². The molecule has 0 aliphatic carbocycles. The summed E-state index contributed by atoms with van der Waals surface area (Å²) in [6.45, 7) is 0.918. The van der Waals surface area contributed by atoms with E-state index < -0.39 is 5.60 Å². The highest BCUT2D eigenvalue weighted by Gasteiger charge is 2.39. The highest BCUT2D eigenvalue weighted by atomic mass is 79.9. The molecule has 3 aromatic rings. The van der Waals surface area contributed by atoms with Gasteiger partial charge >= 0.3 is 0 Å². The lowest BCUT2D eigenvalue weighted by Crippen LogP contribution is -2.31. The van der Waals surface area contributed by atoms with Crippen LogP contribution in [0, 0.1) is 5.82 Å². The zero-order valence-electron chi connectivity index (χ0n) is 15.8. The molecule has 5 nitrogen and oxygen atoms in total. The molecule has 0 bridgehead atoms. The second-order valence-corrected chi connectivity index (χ2v) is 8.01. The highest BCUT2D eigenvalue weighted by molar-refractivity contribution is 9.10. The molecule has 1 atom stereocenters. The van der Waals surface area contributed by atoms with Gasteiger partial charge in [0.2, 0.25) is 5.91 Å². The fourth-order valence-corrected chi connectivity index (χ4v) is 4.12. The van der Waals surface area contributed by atoms with Gasteiger partial charge in [-0.1, -0.05) is 48.5 Å². The molecule has 0 spiro atoms. The molecule has 4 rings (SSSR count). The van der Waals surface area contributed by atoms with Gasteiger partial charge in [0.25, 0.3) is 0 Å². The number of nitrogens with one attached hydrogen (secondary N) is 1. The summed E-state index contributed by atoms with van der Waals surface area (Å²) >= 11 is 3.43. The molecule has 150 valence electrons. The van der Waals surface area contributed by atoms with Crippen molar-refractivity contribution in [2.24, 2.45) is 0 Å². The molecule has 2 aromatic carbocycles. The average Bonchev–Trinajstić information content (AvgIpc) is 3.32. The number of carbonyl (C=O) groups is 1. The van der Waals surface area contributed by atoms with Crippen molar-refractivity contribution in [3.63, 3.8) is 0 Å². The summed E-state index contributed by atoms with van der Waals surface area (Å²) in [6.07, 6.45) is 3.65. The summed E-state index contributed by atoms with van der Waals surface area (Å²) in [5.41, 5.74) is 0.938. The molecular formula is C22H21BrFN3O2. The number of rotatable bonds is 6. The third kappa shape index (κ3) is 4.41. The Kier molecular flexibility index (Phi) is 5.78. The quantitative estimate of drug-likeness (QED) is 0.574. The maximum absolute atomic E-state index is 13.9. The Labute approximate surface area is 177 Å². The van der Waals surface area contributed by atoms with Crippen LogP contribution in [-0.4, -0.2) is 22.3 Å². The van der Waals surface area contributed by atoms with E-state index >= 15 is 0 Å². The molecular weight excluding hydrogens is 437 g/mol. The molecule has 1 aliphatic rings. The molecule has 1 unspecified atom stereocenters. The van der Waals surface area contributed by atoms with Crippen molar-refractivity contribution in [2.75, 3.05) is 11.9 Å². The van der Waals surface area contributed by atoms with Crippen LogP contribution in [0.3, 0.4) is 0 Å². The van der Waals surface area contributed by atoms with E-state index in [1.54, 1.807) is 29.1 Å². The lowest BCUT2D eigenvalue weighted by molar-refractivity contribution is -0.122. The van der Waals surface area contributed by atoms with E-state index in [0.717, 1.165) is 18.4 Å². The number of benzene rings is 2. The summed E-state index contributed by atoms with van der Waals surface area (Å²) in [5.74, 6) is -0.0481. The van der Waals surface area contributed by atoms with Crippen molar-refractivity contribution < 1.29 is 13.9 Å². The standard InChI is InChI=1S/C22H21BrFN3O2/c23-18-15-27(14-16-7-4-5-10-19(16)24)26-21(18)25-20(28)13-22(11-6-12-29-22)17-8-2-1-3-9-17/h1-5,7-10,15H,6,11-14H2,(H,25,26,28). The first kappa shape index (κ1) is 19.8. The van der Waals surface area contributed by atoms with Gasteiger partial charge in [-0.05, 0) is 40.4 Å². The average molecular weight is 458 g/mol. The van der Waals surface area contributed by atoms with Crippen LogP contribution in [0.1, 0.15) is 30.4 Å². The van der Waals surface area contributed by atoms with E-state index in [0.29, 0.717) is 22.5 Å². The largest absolute Gasteiger partial charge is 0.370 e. The number of hydrogen-bond acceptors (Lipinski definition) is 3. The van der Waals surface area contributed by atoms with Crippen LogP contribution in [-0.2, 0) is 21.7 Å². The lowest BCUT2D eigenvalue weighted by Gasteiger charge is -2.28. The minimum absolute atomic E-state index is 0.174. The maximum atomic E-state index is 13.9. The Balaban J connectivity index is 1.47. The Morgan fingerprint density at radius 2 is 1.97 bits per heavy atom. The van der Waals surface area contributed by atoms with Gasteiger partial charge in [-0.25, -0.2) is 4.39 Å². The number of anilines is 1. The van der Waals surface area contributed by atoms with Crippen LogP contribution >= 0.6 is 15.9 Å². The topological polar surface area (TPSA) is 56.1 Å². The summed E-state index contributed by atoms with van der Waals surface area (Å²) in [5, 5.41) is 7.25. The summed E-state index contributed by atoms with van der Waals surface area (Å²) in [6, 6.07) is 16.4. The van der Waals surface area contributed by atoms with Crippen LogP contribution in [0.4, 0.5) is 10.2 Å². The third-order valence-electron chi connectivity index (χ3n) is 5.11. The molecule has 7 heteroatoms. The summed E-state index contributed by atoms with van der Waals surface area (Å²) in [4.78, 5) is 12.8. The minimum Gasteiger partial charge on any atom is -0.370 e. The molecule has 0 saturated carbocycles. The predicted molar refractivity (Wildman–Crippen MR) is 112 cm³/mol. The lowest BCUT2D eigenvalue weighted by atomic mass is 9.87. The molecule has 29 heavy (non-hydrogen) atoms. The van der Waals surface area contributed by atoms with Gasteiger partial charge in [0.15, 0.2) is 5.82 Å². The zero-order valence-corrected chi connectivity index (χ0v) is 17.4. The first-order valence-corrected chi connectivity index (χ1v) is 10.3. The molecule has 1 N–H and O–H groups in total. The van der Waals surface area contributed by atoms with Crippen LogP contribution in [0.25, 0.3) is 0 Å². The number of carbonyl (C=O) groups excluding carboxylic acids is 1. The molecule has 1 fully saturated rings. The van der Waals surface area contributed by atoms with Crippen LogP contribution in [0.5, 0.6) is 0 Å². The molecule has 0 radical (unpaired) electrons. The van der Waals surface area contributed by atoms with Gasteiger partial charge in [0.1, 0.15) is 11.4 Å². The van der Waals surface area contributed by atoms with Gasteiger partial charge < -0.3 is 10.1 Å². The first-order valence-electron chi connectivity index (χ1n) is 9.51. The van der Waals surface area contributed by atoms with Crippen LogP contribution in [0.2, 0.25) is 0 Å². The molecule has 1 aliphatic heterocycles. The fourth-order valence-electron chi connectivity index (χ4n) is 3.71. The van der Waals surface area contributed by atoms with Crippen molar-refractivity contribution in [1.29, 1.82) is 0 Å². The number of hydrogen-bond donors (Lipinski definition) is 1. The molecule has 1 aromatic heterocycles. The van der Waals surface area contributed by atoms with Gasteiger partial charge in [-0.15, -0.1) is 0 Å². The molecule has 1 saturated heterocycles. The van der Waals surface area contributed by atoms with E-state index in [-0.39, 0.29) is 24.7 Å². The first-order chi connectivity index (χ1) is 14.1. The second kappa shape index (κ2) is 8.47. The number of nitrogens with zero attached hydrogens (tertiary/aromatic N) is 2. The van der Waals surface area contributed by atoms with E-state index in [2.05, 4.69) is 26.3 Å². The number of amides is 1. The minimum atomic E-state index is -0.604. The van der Waals surface area contributed by atoms with Gasteiger partial charge in [-0.2, -0.15) is 5.10 Å². The monoisotopic (exact) mass is 457 g/mol. The fraction of sp³-hybridized carbons (Fsp3) is 0.273. The van der Waals surface area contributed by atoms with Crippen molar-refractivity contribution in [2.45, 2.75) is 31.4 Å². The van der Waals surface area contributed by atoms with Crippen LogP contribution < -0.4 is 5.32 Å². The van der Waals surface area contributed by atoms with Gasteiger partial charge in [0.05, 0.1) is 17.4 Å². The Morgan fingerprint density at radius 3 is 2.69 bits per heavy atom. The van der Waals surface area contributed by atoms with E-state index in [9.17, 15) is 9.18 Å². The van der Waals surface area contributed by atoms with Crippen LogP contribution in [0.15, 0.2) is 65.3 Å². The zero-order chi connectivity index (χ0) is 20.3. The number of halogens is 2. The molecule has 1 amide bonds. The second-order valence-electron chi connectivity index (χ2n) is 7.15. The number of aromatic nitrogens is 2.